The van der Waals surface area contributed by atoms with Gasteiger partial charge in [0, 0.05) is 6.54 Å². The van der Waals surface area contributed by atoms with Crippen LogP contribution in [0.15, 0.2) is 5.03 Å². The Hall–Kier alpha value is -1.10. The maximum Gasteiger partial charge on any atom is 0.255 e. The predicted molar refractivity (Wildman–Crippen MR) is 79.7 cm³/mol. The maximum absolute atomic E-state index is 12.3. The Kier molecular flexibility index (Phi) is 6.28. The van der Waals surface area contributed by atoms with Crippen LogP contribution in [0.4, 0.5) is 0 Å². The van der Waals surface area contributed by atoms with E-state index in [0.29, 0.717) is 23.9 Å². The molecule has 19 heavy (non-hydrogen) atoms. The fourth-order valence-electron chi connectivity index (χ4n) is 1.99. The second kappa shape index (κ2) is 7.48. The van der Waals surface area contributed by atoms with Crippen LogP contribution in [-0.2, 0) is 0 Å². The molecule has 1 aromatic rings. The normalized spacial score (nSPS) is 10.8. The Morgan fingerprint density at radius 2 is 1.89 bits per heavy atom. The van der Waals surface area contributed by atoms with E-state index in [1.807, 2.05) is 20.1 Å². The highest BCUT2D eigenvalue weighted by Gasteiger charge is 2.17. The molecule has 0 radical (unpaired) electrons. The zero-order valence-electron chi connectivity index (χ0n) is 12.4. The van der Waals surface area contributed by atoms with Gasteiger partial charge < -0.3 is 5.32 Å². The van der Waals surface area contributed by atoms with E-state index < -0.39 is 0 Å². The smallest absolute Gasteiger partial charge is 0.255 e. The molecule has 0 bridgehead atoms. The number of aryl methyl sites for hydroxylation is 2. The molecule has 0 saturated heterocycles. The molecule has 0 aliphatic carbocycles. The topological polar surface area (TPSA) is 54.9 Å². The van der Waals surface area contributed by atoms with E-state index in [9.17, 15) is 4.79 Å². The second-order valence-corrected chi connectivity index (χ2v) is 5.43. The van der Waals surface area contributed by atoms with E-state index in [1.54, 1.807) is 0 Å². The number of carbonyl (C=O) groups is 1. The van der Waals surface area contributed by atoms with Gasteiger partial charge in [-0.1, -0.05) is 26.7 Å². The Morgan fingerprint density at radius 3 is 2.42 bits per heavy atom. The third-order valence-electron chi connectivity index (χ3n) is 3.29. The fraction of sp³-hybridized carbons (Fsp3) is 0.643. The summed E-state index contributed by atoms with van der Waals surface area (Å²) in [6.07, 6.45) is 4.09. The van der Waals surface area contributed by atoms with Crippen molar-refractivity contribution in [2.75, 3.05) is 12.8 Å². The van der Waals surface area contributed by atoms with Gasteiger partial charge in [0.05, 0.1) is 11.3 Å². The molecule has 1 amide bonds. The molecular weight excluding hydrogens is 258 g/mol. The average molecular weight is 281 g/mol. The minimum absolute atomic E-state index is 0.0613. The molecule has 0 aromatic carbocycles. The zero-order valence-corrected chi connectivity index (χ0v) is 13.2. The van der Waals surface area contributed by atoms with Gasteiger partial charge in [0.2, 0.25) is 0 Å². The zero-order chi connectivity index (χ0) is 14.4. The number of amides is 1. The van der Waals surface area contributed by atoms with Crippen LogP contribution in [0.5, 0.6) is 0 Å². The minimum atomic E-state index is -0.0613. The molecule has 1 aromatic heterocycles. The second-order valence-electron chi connectivity index (χ2n) is 4.63. The third kappa shape index (κ3) is 4.20. The third-order valence-corrected chi connectivity index (χ3v) is 3.98. The van der Waals surface area contributed by atoms with Crippen LogP contribution in [0.1, 0.15) is 48.6 Å². The first kappa shape index (κ1) is 16.0. The maximum atomic E-state index is 12.3. The van der Waals surface area contributed by atoms with Crippen molar-refractivity contribution in [3.05, 3.63) is 17.1 Å². The Labute approximate surface area is 119 Å². The van der Waals surface area contributed by atoms with Crippen LogP contribution >= 0.6 is 11.8 Å². The van der Waals surface area contributed by atoms with Crippen molar-refractivity contribution in [1.29, 1.82) is 0 Å². The standard InChI is InChI=1S/C14H23N3OS/c1-6-11(7-2)8-15-13(18)12-9(3)16-10(4)17-14(12)19-5/h11H,6-8H2,1-5H3,(H,15,18). The highest BCUT2D eigenvalue weighted by Crippen LogP contribution is 2.20. The van der Waals surface area contributed by atoms with E-state index >= 15 is 0 Å². The lowest BCUT2D eigenvalue weighted by Crippen LogP contribution is -2.30. The van der Waals surface area contributed by atoms with Gasteiger partial charge in [-0.05, 0) is 26.0 Å². The van der Waals surface area contributed by atoms with Gasteiger partial charge in [-0.2, -0.15) is 0 Å². The summed E-state index contributed by atoms with van der Waals surface area (Å²) in [5.41, 5.74) is 1.36. The first-order valence-corrected chi connectivity index (χ1v) is 7.93. The summed E-state index contributed by atoms with van der Waals surface area (Å²) in [4.78, 5) is 20.9. The monoisotopic (exact) mass is 281 g/mol. The molecule has 1 N–H and O–H groups in total. The van der Waals surface area contributed by atoms with Crippen LogP contribution in [0.3, 0.4) is 0 Å². The van der Waals surface area contributed by atoms with Crippen LogP contribution < -0.4 is 5.32 Å². The van der Waals surface area contributed by atoms with E-state index in [4.69, 9.17) is 0 Å². The number of nitrogens with one attached hydrogen (secondary N) is 1. The SMILES string of the molecule is CCC(CC)CNC(=O)c1c(C)nc(C)nc1SC. The molecular formula is C14H23N3OS. The largest absolute Gasteiger partial charge is 0.352 e. The van der Waals surface area contributed by atoms with Crippen LogP contribution in [-0.4, -0.2) is 28.7 Å². The summed E-state index contributed by atoms with van der Waals surface area (Å²) >= 11 is 1.49. The number of aromatic nitrogens is 2. The quantitative estimate of drug-likeness (QED) is 0.643. The van der Waals surface area contributed by atoms with Gasteiger partial charge in [0.1, 0.15) is 10.9 Å². The van der Waals surface area contributed by atoms with E-state index in [0.717, 1.165) is 23.6 Å². The molecule has 4 nitrogen and oxygen atoms in total. The van der Waals surface area contributed by atoms with Crippen LogP contribution in [0.2, 0.25) is 0 Å². The molecule has 5 heteroatoms. The molecule has 1 heterocycles. The van der Waals surface area contributed by atoms with Crippen molar-refractivity contribution < 1.29 is 4.79 Å². The van der Waals surface area contributed by atoms with Crippen molar-refractivity contribution in [3.8, 4) is 0 Å². The first-order chi connectivity index (χ1) is 9.03. The summed E-state index contributed by atoms with van der Waals surface area (Å²) < 4.78 is 0. The first-order valence-electron chi connectivity index (χ1n) is 6.70. The summed E-state index contributed by atoms with van der Waals surface area (Å²) in [7, 11) is 0. The summed E-state index contributed by atoms with van der Waals surface area (Å²) in [6, 6.07) is 0. The highest BCUT2D eigenvalue weighted by molar-refractivity contribution is 7.98. The van der Waals surface area contributed by atoms with Gasteiger partial charge in [-0.3, -0.25) is 4.79 Å². The highest BCUT2D eigenvalue weighted by atomic mass is 32.2. The van der Waals surface area contributed by atoms with Crippen molar-refractivity contribution in [2.45, 2.75) is 45.6 Å². The number of carbonyl (C=O) groups excluding carboxylic acids is 1. The molecule has 0 unspecified atom stereocenters. The van der Waals surface area contributed by atoms with Crippen molar-refractivity contribution in [2.24, 2.45) is 5.92 Å². The molecule has 0 saturated carbocycles. The van der Waals surface area contributed by atoms with Crippen molar-refractivity contribution in [3.63, 3.8) is 0 Å². The van der Waals surface area contributed by atoms with Gasteiger partial charge in [0.15, 0.2) is 0 Å². The van der Waals surface area contributed by atoms with Gasteiger partial charge in [0.25, 0.3) is 5.91 Å². The molecule has 0 atom stereocenters. The molecule has 0 fully saturated rings. The number of hydrogen-bond donors (Lipinski definition) is 1. The van der Waals surface area contributed by atoms with E-state index in [1.165, 1.54) is 11.8 Å². The summed E-state index contributed by atoms with van der Waals surface area (Å²) in [6.45, 7) is 8.72. The number of hydrogen-bond acceptors (Lipinski definition) is 4. The van der Waals surface area contributed by atoms with Crippen molar-refractivity contribution >= 4 is 17.7 Å². The van der Waals surface area contributed by atoms with Gasteiger partial charge in [-0.15, -0.1) is 11.8 Å². The van der Waals surface area contributed by atoms with Gasteiger partial charge >= 0.3 is 0 Å². The van der Waals surface area contributed by atoms with E-state index in [2.05, 4.69) is 29.1 Å². The molecule has 0 aliphatic rings. The average Bonchev–Trinajstić information content (AvgIpc) is 2.38. The Bertz CT molecular complexity index is 445. The number of nitrogens with zero attached hydrogens (tertiary/aromatic N) is 2. The molecule has 0 aliphatic heterocycles. The van der Waals surface area contributed by atoms with Gasteiger partial charge in [-0.25, -0.2) is 9.97 Å². The lowest BCUT2D eigenvalue weighted by molar-refractivity contribution is 0.0941. The lowest BCUT2D eigenvalue weighted by atomic mass is 10.0. The predicted octanol–water partition coefficient (Wildman–Crippen LogP) is 2.98. The summed E-state index contributed by atoms with van der Waals surface area (Å²) in [5.74, 6) is 1.18. The Morgan fingerprint density at radius 1 is 1.26 bits per heavy atom. The van der Waals surface area contributed by atoms with Crippen LogP contribution in [0.25, 0.3) is 0 Å². The Balaban J connectivity index is 2.87. The van der Waals surface area contributed by atoms with Crippen LogP contribution in [0, 0.1) is 19.8 Å². The number of thioether (sulfide) groups is 1. The molecule has 0 spiro atoms. The fourth-order valence-corrected chi connectivity index (χ4v) is 2.66. The minimum Gasteiger partial charge on any atom is -0.352 e. The summed E-state index contributed by atoms with van der Waals surface area (Å²) in [5, 5.41) is 3.76. The molecule has 1 rings (SSSR count). The van der Waals surface area contributed by atoms with E-state index in [-0.39, 0.29) is 5.91 Å². The lowest BCUT2D eigenvalue weighted by Gasteiger charge is -2.15. The van der Waals surface area contributed by atoms with Crippen molar-refractivity contribution in [1.82, 2.24) is 15.3 Å². The molecule has 106 valence electrons. The number of rotatable bonds is 6.